The standard InChI is InChI=1S/C55H36N4O/c1-5-15-37(16-6-1)38-25-29-46(30-26-38)59(45-23-11-4-12-24-45)47-31-27-39(28-32-47)44-34-49-48-33-42-21-13-14-22-43(42)36-51(48)60-52(49)50(35-44)55-57-53(40-17-7-2-8-18-40)56-54(58-55)41-19-9-3-10-20-41/h1-36H. The molecule has 11 rings (SSSR count). The van der Waals surface area contributed by atoms with Crippen molar-refractivity contribution in [1.82, 2.24) is 15.0 Å². The van der Waals surface area contributed by atoms with E-state index in [1.165, 1.54) is 11.1 Å². The number of anilines is 3. The Labute approximate surface area is 347 Å². The van der Waals surface area contributed by atoms with Gasteiger partial charge in [-0.2, -0.15) is 0 Å². The molecule has 282 valence electrons. The summed E-state index contributed by atoms with van der Waals surface area (Å²) in [6, 6.07) is 75.9. The van der Waals surface area contributed by atoms with E-state index in [1.54, 1.807) is 0 Å². The summed E-state index contributed by atoms with van der Waals surface area (Å²) in [4.78, 5) is 17.6. The molecule has 9 aromatic carbocycles. The predicted octanol–water partition coefficient (Wildman–Crippen LogP) is 14.7. The lowest BCUT2D eigenvalue weighted by Gasteiger charge is -2.26. The third-order valence-electron chi connectivity index (χ3n) is 11.1. The second-order valence-electron chi connectivity index (χ2n) is 14.9. The van der Waals surface area contributed by atoms with Gasteiger partial charge in [0.1, 0.15) is 11.2 Å². The first-order valence-corrected chi connectivity index (χ1v) is 20.1. The molecule has 0 aliphatic rings. The minimum atomic E-state index is 0.545. The van der Waals surface area contributed by atoms with Gasteiger partial charge in [-0.3, -0.25) is 0 Å². The van der Waals surface area contributed by atoms with Gasteiger partial charge in [-0.1, -0.05) is 158 Å². The fourth-order valence-corrected chi connectivity index (χ4v) is 8.09. The molecule has 0 radical (unpaired) electrons. The van der Waals surface area contributed by atoms with Crippen molar-refractivity contribution in [2.45, 2.75) is 0 Å². The molecule has 2 aromatic heterocycles. The molecule has 0 fully saturated rings. The van der Waals surface area contributed by atoms with Crippen LogP contribution in [-0.2, 0) is 0 Å². The Morgan fingerprint density at radius 3 is 1.32 bits per heavy atom. The van der Waals surface area contributed by atoms with Crippen LogP contribution in [0.3, 0.4) is 0 Å². The van der Waals surface area contributed by atoms with E-state index >= 15 is 0 Å². The van der Waals surface area contributed by atoms with E-state index in [2.05, 4.69) is 157 Å². The fourth-order valence-electron chi connectivity index (χ4n) is 8.09. The van der Waals surface area contributed by atoms with Crippen LogP contribution in [0.15, 0.2) is 223 Å². The number of benzene rings is 9. The number of rotatable bonds is 8. The van der Waals surface area contributed by atoms with Crippen LogP contribution in [0.2, 0.25) is 0 Å². The number of furan rings is 1. The molecule has 0 amide bonds. The highest BCUT2D eigenvalue weighted by Gasteiger charge is 2.21. The molecule has 0 saturated carbocycles. The molecular weight excluding hydrogens is 733 g/mol. The van der Waals surface area contributed by atoms with E-state index < -0.39 is 0 Å². The highest BCUT2D eigenvalue weighted by molar-refractivity contribution is 6.14. The Bertz CT molecular complexity index is 3220. The second-order valence-corrected chi connectivity index (χ2v) is 14.9. The molecule has 0 aliphatic heterocycles. The summed E-state index contributed by atoms with van der Waals surface area (Å²) in [6.07, 6.45) is 0. The van der Waals surface area contributed by atoms with Crippen molar-refractivity contribution in [1.29, 1.82) is 0 Å². The number of aromatic nitrogens is 3. The Morgan fingerprint density at radius 2 is 0.750 bits per heavy atom. The molecule has 0 unspecified atom stereocenters. The first-order chi connectivity index (χ1) is 29.7. The Morgan fingerprint density at radius 1 is 0.317 bits per heavy atom. The monoisotopic (exact) mass is 768 g/mol. The normalized spacial score (nSPS) is 11.3. The largest absolute Gasteiger partial charge is 0.455 e. The molecule has 2 heterocycles. The summed E-state index contributed by atoms with van der Waals surface area (Å²) in [5.74, 6) is 1.74. The van der Waals surface area contributed by atoms with E-state index in [1.807, 2.05) is 66.7 Å². The maximum atomic E-state index is 6.81. The van der Waals surface area contributed by atoms with Gasteiger partial charge >= 0.3 is 0 Å². The zero-order valence-corrected chi connectivity index (χ0v) is 32.5. The molecule has 0 spiro atoms. The van der Waals surface area contributed by atoms with E-state index in [0.717, 1.165) is 77.6 Å². The molecule has 0 aliphatic carbocycles. The predicted molar refractivity (Wildman–Crippen MR) is 246 cm³/mol. The Hall–Kier alpha value is -8.15. The van der Waals surface area contributed by atoms with Crippen LogP contribution in [0.25, 0.3) is 89.1 Å². The first kappa shape index (κ1) is 35.0. The van der Waals surface area contributed by atoms with Gasteiger partial charge in [0.05, 0.1) is 5.56 Å². The van der Waals surface area contributed by atoms with Crippen LogP contribution in [0.5, 0.6) is 0 Å². The average Bonchev–Trinajstić information content (AvgIpc) is 3.69. The van der Waals surface area contributed by atoms with Crippen LogP contribution in [0, 0.1) is 0 Å². The van der Waals surface area contributed by atoms with Crippen molar-refractivity contribution >= 4 is 49.8 Å². The average molecular weight is 769 g/mol. The van der Waals surface area contributed by atoms with Crippen molar-refractivity contribution in [2.75, 3.05) is 4.90 Å². The maximum absolute atomic E-state index is 6.81. The molecule has 5 nitrogen and oxygen atoms in total. The van der Waals surface area contributed by atoms with Gasteiger partial charge in [0.25, 0.3) is 0 Å². The highest BCUT2D eigenvalue weighted by Crippen LogP contribution is 2.42. The van der Waals surface area contributed by atoms with Crippen LogP contribution in [0.1, 0.15) is 0 Å². The summed E-state index contributed by atoms with van der Waals surface area (Å²) in [5.41, 5.74) is 11.8. The van der Waals surface area contributed by atoms with Crippen molar-refractivity contribution in [3.63, 3.8) is 0 Å². The van der Waals surface area contributed by atoms with E-state index in [9.17, 15) is 0 Å². The lowest BCUT2D eigenvalue weighted by atomic mass is 9.97. The number of hydrogen-bond acceptors (Lipinski definition) is 5. The van der Waals surface area contributed by atoms with Crippen molar-refractivity contribution in [2.24, 2.45) is 0 Å². The molecule has 0 N–H and O–H groups in total. The number of hydrogen-bond donors (Lipinski definition) is 0. The van der Waals surface area contributed by atoms with Crippen molar-refractivity contribution < 1.29 is 4.42 Å². The SMILES string of the molecule is c1ccc(-c2ccc(N(c3ccccc3)c3ccc(-c4cc(-c5nc(-c6ccccc6)nc(-c6ccccc6)n5)c5oc6cc7ccccc7cc6c5c4)cc3)cc2)cc1. The van der Waals surface area contributed by atoms with Crippen LogP contribution in [0.4, 0.5) is 17.1 Å². The summed E-state index contributed by atoms with van der Waals surface area (Å²) in [7, 11) is 0. The molecule has 60 heavy (non-hydrogen) atoms. The van der Waals surface area contributed by atoms with Gasteiger partial charge in [0.2, 0.25) is 0 Å². The van der Waals surface area contributed by atoms with Gasteiger partial charge < -0.3 is 9.32 Å². The Balaban J connectivity index is 1.08. The van der Waals surface area contributed by atoms with E-state index in [0.29, 0.717) is 17.5 Å². The minimum absolute atomic E-state index is 0.545. The lowest BCUT2D eigenvalue weighted by molar-refractivity contribution is 0.670. The van der Waals surface area contributed by atoms with Gasteiger partial charge in [-0.25, -0.2) is 15.0 Å². The van der Waals surface area contributed by atoms with Gasteiger partial charge in [0.15, 0.2) is 17.5 Å². The quantitative estimate of drug-likeness (QED) is 0.154. The maximum Gasteiger partial charge on any atom is 0.167 e. The summed E-state index contributed by atoms with van der Waals surface area (Å²) < 4.78 is 6.81. The van der Waals surface area contributed by atoms with Gasteiger partial charge in [-0.15, -0.1) is 0 Å². The summed E-state index contributed by atoms with van der Waals surface area (Å²) >= 11 is 0. The Kier molecular flexibility index (Phi) is 8.75. The molecule has 0 saturated heterocycles. The van der Waals surface area contributed by atoms with E-state index in [-0.39, 0.29) is 0 Å². The second kappa shape index (κ2) is 15.0. The van der Waals surface area contributed by atoms with Crippen LogP contribution >= 0.6 is 0 Å². The lowest BCUT2D eigenvalue weighted by Crippen LogP contribution is -2.09. The highest BCUT2D eigenvalue weighted by atomic mass is 16.3. The smallest absolute Gasteiger partial charge is 0.167 e. The van der Waals surface area contributed by atoms with Crippen LogP contribution in [-0.4, -0.2) is 15.0 Å². The third kappa shape index (κ3) is 6.54. The number of nitrogens with zero attached hydrogens (tertiary/aromatic N) is 4. The minimum Gasteiger partial charge on any atom is -0.455 e. The molecule has 0 atom stereocenters. The number of fused-ring (bicyclic) bond motifs is 4. The molecule has 0 bridgehead atoms. The summed E-state index contributed by atoms with van der Waals surface area (Å²) in [5, 5.41) is 4.31. The molecule has 5 heteroatoms. The van der Waals surface area contributed by atoms with Crippen molar-refractivity contribution in [3.8, 4) is 56.4 Å². The molecular formula is C55H36N4O. The zero-order chi connectivity index (χ0) is 39.8. The third-order valence-corrected chi connectivity index (χ3v) is 11.1. The number of para-hydroxylation sites is 1. The van der Waals surface area contributed by atoms with Crippen molar-refractivity contribution in [3.05, 3.63) is 218 Å². The van der Waals surface area contributed by atoms with Gasteiger partial charge in [-0.05, 0) is 93.7 Å². The zero-order valence-electron chi connectivity index (χ0n) is 32.5. The topological polar surface area (TPSA) is 55.1 Å². The first-order valence-electron chi connectivity index (χ1n) is 20.1. The summed E-state index contributed by atoms with van der Waals surface area (Å²) in [6.45, 7) is 0. The van der Waals surface area contributed by atoms with Gasteiger partial charge in [0, 0.05) is 39.0 Å². The molecule has 11 aromatic rings. The van der Waals surface area contributed by atoms with Crippen LogP contribution < -0.4 is 4.90 Å². The fraction of sp³-hybridized carbons (Fsp3) is 0. The van der Waals surface area contributed by atoms with E-state index in [4.69, 9.17) is 19.4 Å².